The van der Waals surface area contributed by atoms with Gasteiger partial charge in [0, 0.05) is 6.54 Å². The molecule has 1 N–H and O–H groups in total. The number of hydrogen-bond donors (Lipinski definition) is 1. The molecule has 3 heteroatoms. The van der Waals surface area contributed by atoms with Crippen molar-refractivity contribution in [2.24, 2.45) is 0 Å². The normalized spacial score (nSPS) is 17.4. The smallest absolute Gasteiger partial charge is 0.137 e. The quantitative estimate of drug-likeness (QED) is 0.897. The molecule has 0 aliphatic carbocycles. The highest BCUT2D eigenvalue weighted by Crippen LogP contribution is 2.37. The molecule has 0 amide bonds. The molecule has 0 aromatic heterocycles. The number of hydrogen-bond acceptors (Lipinski definition) is 2. The first kappa shape index (κ1) is 14.4. The zero-order chi connectivity index (χ0) is 15.0. The summed E-state index contributed by atoms with van der Waals surface area (Å²) in [6.45, 7) is 5.31. The zero-order valence-corrected chi connectivity index (χ0v) is 13.4. The molecular formula is C18H20ClNO. The third kappa shape index (κ3) is 2.54. The van der Waals surface area contributed by atoms with Crippen molar-refractivity contribution >= 4 is 11.6 Å². The number of methoxy groups -OCH3 is 1. The Balaban J connectivity index is 2.14. The van der Waals surface area contributed by atoms with Crippen molar-refractivity contribution in [2.45, 2.75) is 26.3 Å². The highest BCUT2D eigenvalue weighted by atomic mass is 35.5. The third-order valence-electron chi connectivity index (χ3n) is 4.42. The lowest BCUT2D eigenvalue weighted by molar-refractivity contribution is 0.413. The zero-order valence-electron chi connectivity index (χ0n) is 12.7. The van der Waals surface area contributed by atoms with Crippen LogP contribution >= 0.6 is 11.6 Å². The number of rotatable bonds is 2. The maximum Gasteiger partial charge on any atom is 0.137 e. The van der Waals surface area contributed by atoms with E-state index < -0.39 is 0 Å². The molecule has 0 bridgehead atoms. The first-order valence-corrected chi connectivity index (χ1v) is 7.65. The van der Waals surface area contributed by atoms with Crippen LogP contribution in [-0.4, -0.2) is 13.7 Å². The summed E-state index contributed by atoms with van der Waals surface area (Å²) in [5.74, 6) is 0.745. The summed E-state index contributed by atoms with van der Waals surface area (Å²) in [6.07, 6.45) is 1.00. The minimum absolute atomic E-state index is 0.208. The molecule has 1 heterocycles. The summed E-state index contributed by atoms with van der Waals surface area (Å²) in [7, 11) is 1.66. The van der Waals surface area contributed by atoms with Crippen LogP contribution in [0.15, 0.2) is 30.3 Å². The second kappa shape index (κ2) is 5.70. The molecular weight excluding hydrogens is 282 g/mol. The molecule has 3 rings (SSSR count). The molecule has 1 unspecified atom stereocenters. The number of benzene rings is 2. The molecule has 110 valence electrons. The van der Waals surface area contributed by atoms with Gasteiger partial charge in [0.05, 0.1) is 18.2 Å². The van der Waals surface area contributed by atoms with Crippen molar-refractivity contribution in [1.29, 1.82) is 0 Å². The molecule has 2 nitrogen and oxygen atoms in total. The number of ether oxygens (including phenoxy) is 1. The van der Waals surface area contributed by atoms with Crippen LogP contribution in [0, 0.1) is 13.8 Å². The van der Waals surface area contributed by atoms with E-state index in [9.17, 15) is 0 Å². The van der Waals surface area contributed by atoms with E-state index in [0.29, 0.717) is 5.02 Å². The molecule has 0 spiro atoms. The van der Waals surface area contributed by atoms with Gasteiger partial charge < -0.3 is 10.1 Å². The minimum Gasteiger partial charge on any atom is -0.495 e. The molecule has 0 saturated carbocycles. The molecule has 2 aromatic carbocycles. The Bertz CT molecular complexity index is 681. The molecule has 0 radical (unpaired) electrons. The summed E-state index contributed by atoms with van der Waals surface area (Å²) >= 11 is 6.27. The van der Waals surface area contributed by atoms with Gasteiger partial charge in [-0.15, -0.1) is 0 Å². The van der Waals surface area contributed by atoms with Gasteiger partial charge in [-0.05, 0) is 60.2 Å². The molecule has 1 aliphatic heterocycles. The lowest BCUT2D eigenvalue weighted by atomic mass is 9.87. The lowest BCUT2D eigenvalue weighted by Gasteiger charge is -2.29. The predicted octanol–water partition coefficient (Wildman–Crippen LogP) is 4.20. The predicted molar refractivity (Wildman–Crippen MR) is 87.5 cm³/mol. The average Bonchev–Trinajstić information content (AvgIpc) is 2.49. The van der Waals surface area contributed by atoms with Gasteiger partial charge in [-0.3, -0.25) is 0 Å². The number of aryl methyl sites for hydroxylation is 1. The first-order valence-electron chi connectivity index (χ1n) is 7.27. The van der Waals surface area contributed by atoms with Gasteiger partial charge in [-0.2, -0.15) is 0 Å². The van der Waals surface area contributed by atoms with Crippen LogP contribution in [-0.2, 0) is 6.42 Å². The molecule has 2 aromatic rings. The molecule has 0 saturated heterocycles. The first-order chi connectivity index (χ1) is 10.1. The average molecular weight is 302 g/mol. The van der Waals surface area contributed by atoms with Gasteiger partial charge in [-0.1, -0.05) is 29.8 Å². The summed E-state index contributed by atoms with van der Waals surface area (Å²) in [5, 5.41) is 4.32. The van der Waals surface area contributed by atoms with Crippen LogP contribution in [0.25, 0.3) is 0 Å². The van der Waals surface area contributed by atoms with Crippen LogP contribution in [0.4, 0.5) is 0 Å². The standard InChI is InChI=1S/C18H20ClNO/c1-11-5-4-6-14(12(11)2)18-15-10-17(21-3)16(19)9-13(15)7-8-20-18/h4-6,9-10,18,20H,7-8H2,1-3H3. The third-order valence-corrected chi connectivity index (χ3v) is 4.72. The van der Waals surface area contributed by atoms with Crippen molar-refractivity contribution in [3.05, 3.63) is 63.2 Å². The van der Waals surface area contributed by atoms with Gasteiger partial charge in [0.2, 0.25) is 0 Å². The minimum atomic E-state index is 0.208. The highest BCUT2D eigenvalue weighted by Gasteiger charge is 2.24. The Morgan fingerprint density at radius 1 is 1.19 bits per heavy atom. The largest absolute Gasteiger partial charge is 0.495 e. The van der Waals surface area contributed by atoms with Gasteiger partial charge in [0.15, 0.2) is 0 Å². The van der Waals surface area contributed by atoms with Crippen molar-refractivity contribution in [3.63, 3.8) is 0 Å². The highest BCUT2D eigenvalue weighted by molar-refractivity contribution is 6.32. The topological polar surface area (TPSA) is 21.3 Å². The number of fused-ring (bicyclic) bond motifs is 1. The molecule has 0 fully saturated rings. The lowest BCUT2D eigenvalue weighted by Crippen LogP contribution is -2.31. The van der Waals surface area contributed by atoms with Crippen LogP contribution in [0.2, 0.25) is 5.02 Å². The van der Waals surface area contributed by atoms with E-state index in [1.807, 2.05) is 0 Å². The fourth-order valence-corrected chi connectivity index (χ4v) is 3.34. The van der Waals surface area contributed by atoms with E-state index in [4.69, 9.17) is 16.3 Å². The Hall–Kier alpha value is -1.51. The fourth-order valence-electron chi connectivity index (χ4n) is 3.08. The van der Waals surface area contributed by atoms with Crippen molar-refractivity contribution in [1.82, 2.24) is 5.32 Å². The van der Waals surface area contributed by atoms with Gasteiger partial charge in [-0.25, -0.2) is 0 Å². The maximum atomic E-state index is 6.27. The van der Waals surface area contributed by atoms with Gasteiger partial charge >= 0.3 is 0 Å². The van der Waals surface area contributed by atoms with Crippen molar-refractivity contribution in [3.8, 4) is 5.75 Å². The van der Waals surface area contributed by atoms with Crippen LogP contribution < -0.4 is 10.1 Å². The monoisotopic (exact) mass is 301 g/mol. The summed E-state index contributed by atoms with van der Waals surface area (Å²) in [6, 6.07) is 10.8. The van der Waals surface area contributed by atoms with Crippen molar-refractivity contribution < 1.29 is 4.74 Å². The van der Waals surface area contributed by atoms with E-state index in [2.05, 4.69) is 49.5 Å². The van der Waals surface area contributed by atoms with E-state index in [-0.39, 0.29) is 6.04 Å². The summed E-state index contributed by atoms with van der Waals surface area (Å²) in [5.41, 5.74) is 6.58. The number of halogens is 1. The second-order valence-corrected chi connectivity index (χ2v) is 6.02. The van der Waals surface area contributed by atoms with E-state index in [0.717, 1.165) is 18.7 Å². The molecule has 1 atom stereocenters. The Kier molecular flexibility index (Phi) is 3.92. The summed E-state index contributed by atoms with van der Waals surface area (Å²) in [4.78, 5) is 0. The number of nitrogens with one attached hydrogen (secondary N) is 1. The van der Waals surface area contributed by atoms with E-state index in [1.54, 1.807) is 7.11 Å². The molecule has 1 aliphatic rings. The van der Waals surface area contributed by atoms with Crippen LogP contribution in [0.1, 0.15) is 33.9 Å². The van der Waals surface area contributed by atoms with Gasteiger partial charge in [0.25, 0.3) is 0 Å². The Morgan fingerprint density at radius 2 is 2.00 bits per heavy atom. The second-order valence-electron chi connectivity index (χ2n) is 5.61. The summed E-state index contributed by atoms with van der Waals surface area (Å²) < 4.78 is 5.39. The van der Waals surface area contributed by atoms with E-state index >= 15 is 0 Å². The Morgan fingerprint density at radius 3 is 2.76 bits per heavy atom. The van der Waals surface area contributed by atoms with Crippen LogP contribution in [0.3, 0.4) is 0 Å². The molecule has 21 heavy (non-hydrogen) atoms. The van der Waals surface area contributed by atoms with E-state index in [1.165, 1.54) is 27.8 Å². The SMILES string of the molecule is COc1cc2c(cc1Cl)CCNC2c1cccc(C)c1C. The van der Waals surface area contributed by atoms with Crippen molar-refractivity contribution in [2.75, 3.05) is 13.7 Å². The van der Waals surface area contributed by atoms with Crippen LogP contribution in [0.5, 0.6) is 5.75 Å². The van der Waals surface area contributed by atoms with Gasteiger partial charge in [0.1, 0.15) is 5.75 Å². The Labute approximate surface area is 131 Å². The fraction of sp³-hybridized carbons (Fsp3) is 0.333. The maximum absolute atomic E-state index is 6.27.